The minimum absolute atomic E-state index is 0.230. The molecule has 1 fully saturated rings. The van der Waals surface area contributed by atoms with Crippen LogP contribution in [0.2, 0.25) is 0 Å². The summed E-state index contributed by atoms with van der Waals surface area (Å²) >= 11 is 0. The Balaban J connectivity index is 1.92. The first-order chi connectivity index (χ1) is 7.85. The summed E-state index contributed by atoms with van der Waals surface area (Å²) in [6.07, 6.45) is 4.64. The maximum absolute atomic E-state index is 5.92. The van der Waals surface area contributed by atoms with Crippen molar-refractivity contribution >= 4 is 0 Å². The molecule has 1 aromatic rings. The maximum Gasteiger partial charge on any atom is 0.0534 e. The zero-order valence-electron chi connectivity index (χ0n) is 9.82. The number of hydrogen-bond acceptors (Lipinski definition) is 2. The summed E-state index contributed by atoms with van der Waals surface area (Å²) in [6.45, 7) is 2.50. The van der Waals surface area contributed by atoms with E-state index in [2.05, 4.69) is 30.3 Å². The summed E-state index contributed by atoms with van der Waals surface area (Å²) in [7, 11) is 0. The number of hydrogen-bond donors (Lipinski definition) is 1. The third-order valence-corrected chi connectivity index (χ3v) is 3.62. The summed E-state index contributed by atoms with van der Waals surface area (Å²) in [5, 5.41) is 0. The lowest BCUT2D eigenvalue weighted by atomic mass is 9.78. The number of rotatable bonds is 4. The highest BCUT2D eigenvalue weighted by molar-refractivity contribution is 5.15. The maximum atomic E-state index is 5.92. The Bertz CT molecular complexity index is 304. The number of aryl methyl sites for hydroxylation is 1. The van der Waals surface area contributed by atoms with Crippen LogP contribution in [0, 0.1) is 5.41 Å². The third-order valence-electron chi connectivity index (χ3n) is 3.62. The fraction of sp³-hybridized carbons (Fsp3) is 0.571. The molecule has 0 aliphatic carbocycles. The molecule has 2 nitrogen and oxygen atoms in total. The van der Waals surface area contributed by atoms with Gasteiger partial charge in [-0.1, -0.05) is 30.3 Å². The zero-order chi connectivity index (χ0) is 11.3. The molecular formula is C14H21NO. The molecule has 0 radical (unpaired) electrons. The summed E-state index contributed by atoms with van der Waals surface area (Å²) in [5.74, 6) is 0. The van der Waals surface area contributed by atoms with E-state index in [4.69, 9.17) is 10.5 Å². The Kier molecular flexibility index (Phi) is 3.97. The summed E-state index contributed by atoms with van der Waals surface area (Å²) in [4.78, 5) is 0. The predicted octanol–water partition coefficient (Wildman–Crippen LogP) is 2.37. The van der Waals surface area contributed by atoms with Crippen LogP contribution in [-0.2, 0) is 11.2 Å². The van der Waals surface area contributed by atoms with Crippen molar-refractivity contribution in [3.8, 4) is 0 Å². The third kappa shape index (κ3) is 2.83. The second-order valence-electron chi connectivity index (χ2n) is 4.85. The van der Waals surface area contributed by atoms with E-state index in [1.54, 1.807) is 0 Å². The Morgan fingerprint density at radius 1 is 1.25 bits per heavy atom. The molecule has 2 rings (SSSR count). The van der Waals surface area contributed by atoms with Crippen molar-refractivity contribution in [3.63, 3.8) is 0 Å². The van der Waals surface area contributed by atoms with Crippen LogP contribution in [0.3, 0.4) is 0 Å². The SMILES string of the molecule is NCC1(CCc2ccccc2)CCCOC1. The minimum atomic E-state index is 0.230. The fourth-order valence-corrected chi connectivity index (χ4v) is 2.42. The highest BCUT2D eigenvalue weighted by atomic mass is 16.5. The molecule has 16 heavy (non-hydrogen) atoms. The first-order valence-electron chi connectivity index (χ1n) is 6.16. The van der Waals surface area contributed by atoms with E-state index in [0.717, 1.165) is 39.0 Å². The van der Waals surface area contributed by atoms with Crippen LogP contribution >= 0.6 is 0 Å². The smallest absolute Gasteiger partial charge is 0.0534 e. The molecular weight excluding hydrogens is 198 g/mol. The van der Waals surface area contributed by atoms with Gasteiger partial charge in [-0.05, 0) is 31.2 Å². The van der Waals surface area contributed by atoms with E-state index >= 15 is 0 Å². The van der Waals surface area contributed by atoms with Crippen molar-refractivity contribution in [2.75, 3.05) is 19.8 Å². The van der Waals surface area contributed by atoms with Gasteiger partial charge in [0.2, 0.25) is 0 Å². The Labute approximate surface area is 97.8 Å². The molecule has 1 heterocycles. The van der Waals surface area contributed by atoms with Crippen LogP contribution in [0.15, 0.2) is 30.3 Å². The standard InChI is InChI=1S/C14H21NO/c15-11-14(8-4-10-16-12-14)9-7-13-5-2-1-3-6-13/h1-3,5-6H,4,7-12,15H2. The summed E-state index contributed by atoms with van der Waals surface area (Å²) in [5.41, 5.74) is 7.56. The van der Waals surface area contributed by atoms with E-state index < -0.39 is 0 Å². The molecule has 2 N–H and O–H groups in total. The molecule has 1 atom stereocenters. The van der Waals surface area contributed by atoms with Crippen LogP contribution in [0.5, 0.6) is 0 Å². The highest BCUT2D eigenvalue weighted by Crippen LogP contribution is 2.32. The lowest BCUT2D eigenvalue weighted by molar-refractivity contribution is -0.00726. The molecule has 0 amide bonds. The van der Waals surface area contributed by atoms with Crippen molar-refractivity contribution in [2.24, 2.45) is 11.1 Å². The van der Waals surface area contributed by atoms with E-state index in [1.807, 2.05) is 0 Å². The van der Waals surface area contributed by atoms with E-state index in [-0.39, 0.29) is 5.41 Å². The second-order valence-corrected chi connectivity index (χ2v) is 4.85. The first-order valence-corrected chi connectivity index (χ1v) is 6.16. The molecule has 1 aliphatic heterocycles. The predicted molar refractivity (Wildman–Crippen MR) is 66.3 cm³/mol. The van der Waals surface area contributed by atoms with Crippen LogP contribution in [-0.4, -0.2) is 19.8 Å². The lowest BCUT2D eigenvalue weighted by Crippen LogP contribution is -2.39. The second kappa shape index (κ2) is 5.46. The van der Waals surface area contributed by atoms with Crippen LogP contribution in [0.1, 0.15) is 24.8 Å². The van der Waals surface area contributed by atoms with Crippen LogP contribution < -0.4 is 5.73 Å². The molecule has 0 saturated carbocycles. The van der Waals surface area contributed by atoms with Gasteiger partial charge in [0, 0.05) is 18.6 Å². The molecule has 2 heteroatoms. The normalized spacial score (nSPS) is 25.6. The fourth-order valence-electron chi connectivity index (χ4n) is 2.42. The Morgan fingerprint density at radius 3 is 2.69 bits per heavy atom. The van der Waals surface area contributed by atoms with Gasteiger partial charge in [-0.15, -0.1) is 0 Å². The van der Waals surface area contributed by atoms with Gasteiger partial charge in [-0.25, -0.2) is 0 Å². The molecule has 1 aliphatic rings. The summed E-state index contributed by atoms with van der Waals surface area (Å²) in [6, 6.07) is 10.6. The first kappa shape index (κ1) is 11.6. The van der Waals surface area contributed by atoms with Gasteiger partial charge in [0.1, 0.15) is 0 Å². The molecule has 1 aromatic carbocycles. The number of benzene rings is 1. The molecule has 88 valence electrons. The van der Waals surface area contributed by atoms with Gasteiger partial charge in [-0.2, -0.15) is 0 Å². The summed E-state index contributed by atoms with van der Waals surface area (Å²) < 4.78 is 5.58. The van der Waals surface area contributed by atoms with Gasteiger partial charge in [0.15, 0.2) is 0 Å². The Morgan fingerprint density at radius 2 is 2.06 bits per heavy atom. The molecule has 0 aromatic heterocycles. The quantitative estimate of drug-likeness (QED) is 0.843. The topological polar surface area (TPSA) is 35.2 Å². The van der Waals surface area contributed by atoms with E-state index in [1.165, 1.54) is 12.0 Å². The molecule has 1 saturated heterocycles. The van der Waals surface area contributed by atoms with Gasteiger partial charge < -0.3 is 10.5 Å². The minimum Gasteiger partial charge on any atom is -0.381 e. The number of ether oxygens (including phenoxy) is 1. The van der Waals surface area contributed by atoms with Crippen molar-refractivity contribution in [1.29, 1.82) is 0 Å². The molecule has 0 bridgehead atoms. The number of nitrogens with two attached hydrogens (primary N) is 1. The van der Waals surface area contributed by atoms with Crippen LogP contribution in [0.25, 0.3) is 0 Å². The van der Waals surface area contributed by atoms with Crippen molar-refractivity contribution < 1.29 is 4.74 Å². The van der Waals surface area contributed by atoms with Crippen molar-refractivity contribution in [2.45, 2.75) is 25.7 Å². The average molecular weight is 219 g/mol. The molecule has 0 spiro atoms. The monoisotopic (exact) mass is 219 g/mol. The van der Waals surface area contributed by atoms with E-state index in [0.29, 0.717) is 0 Å². The van der Waals surface area contributed by atoms with Gasteiger partial charge in [-0.3, -0.25) is 0 Å². The lowest BCUT2D eigenvalue weighted by Gasteiger charge is -2.36. The van der Waals surface area contributed by atoms with Crippen molar-refractivity contribution in [3.05, 3.63) is 35.9 Å². The van der Waals surface area contributed by atoms with Gasteiger partial charge >= 0.3 is 0 Å². The highest BCUT2D eigenvalue weighted by Gasteiger charge is 2.30. The zero-order valence-corrected chi connectivity index (χ0v) is 9.82. The van der Waals surface area contributed by atoms with E-state index in [9.17, 15) is 0 Å². The van der Waals surface area contributed by atoms with Gasteiger partial charge in [0.25, 0.3) is 0 Å². The largest absolute Gasteiger partial charge is 0.381 e. The molecule has 1 unspecified atom stereocenters. The van der Waals surface area contributed by atoms with Gasteiger partial charge in [0.05, 0.1) is 6.61 Å². The Hall–Kier alpha value is -0.860. The van der Waals surface area contributed by atoms with Crippen LogP contribution in [0.4, 0.5) is 0 Å². The average Bonchev–Trinajstić information content (AvgIpc) is 2.39. The van der Waals surface area contributed by atoms with Crippen molar-refractivity contribution in [1.82, 2.24) is 0 Å².